The van der Waals surface area contributed by atoms with Crippen LogP contribution >= 0.6 is 0 Å². The Morgan fingerprint density at radius 3 is 2.18 bits per heavy atom. The SMILES string of the molecule is CC1CCCC1=C(F)B1OC(C)(C)C(C)(C)O1. The van der Waals surface area contributed by atoms with Crippen LogP contribution in [0.1, 0.15) is 53.9 Å². The van der Waals surface area contributed by atoms with E-state index in [1.807, 2.05) is 27.7 Å². The van der Waals surface area contributed by atoms with E-state index in [0.29, 0.717) is 5.92 Å². The maximum Gasteiger partial charge on any atom is 0.525 e. The maximum atomic E-state index is 14.4. The molecule has 2 nitrogen and oxygen atoms in total. The lowest BCUT2D eigenvalue weighted by Gasteiger charge is -2.32. The van der Waals surface area contributed by atoms with Gasteiger partial charge in [0, 0.05) is 0 Å². The number of hydrogen-bond acceptors (Lipinski definition) is 2. The van der Waals surface area contributed by atoms with Crippen molar-refractivity contribution in [3.63, 3.8) is 0 Å². The molecule has 0 aromatic carbocycles. The highest BCUT2D eigenvalue weighted by molar-refractivity contribution is 6.53. The van der Waals surface area contributed by atoms with Gasteiger partial charge in [0.15, 0.2) is 0 Å². The predicted molar refractivity (Wildman–Crippen MR) is 67.2 cm³/mol. The van der Waals surface area contributed by atoms with Gasteiger partial charge in [-0.1, -0.05) is 6.92 Å². The molecule has 0 radical (unpaired) electrons. The molecule has 1 atom stereocenters. The van der Waals surface area contributed by atoms with Crippen molar-refractivity contribution in [2.75, 3.05) is 0 Å². The van der Waals surface area contributed by atoms with E-state index in [4.69, 9.17) is 9.31 Å². The van der Waals surface area contributed by atoms with Crippen LogP contribution in [0.3, 0.4) is 0 Å². The van der Waals surface area contributed by atoms with E-state index in [2.05, 4.69) is 6.92 Å². The van der Waals surface area contributed by atoms with Gasteiger partial charge in [0.25, 0.3) is 0 Å². The summed E-state index contributed by atoms with van der Waals surface area (Å²) in [6.07, 6.45) is 2.99. The number of rotatable bonds is 1. The Balaban J connectivity index is 2.21. The lowest BCUT2D eigenvalue weighted by Crippen LogP contribution is -2.41. The Morgan fingerprint density at radius 2 is 1.76 bits per heavy atom. The molecule has 0 N–H and O–H groups in total. The van der Waals surface area contributed by atoms with Crippen molar-refractivity contribution in [3.8, 4) is 0 Å². The third-order valence-electron chi connectivity index (χ3n) is 4.45. The molecule has 2 rings (SSSR count). The molecule has 0 spiro atoms. The van der Waals surface area contributed by atoms with Crippen LogP contribution in [-0.2, 0) is 9.31 Å². The van der Waals surface area contributed by atoms with Crippen LogP contribution in [0.4, 0.5) is 4.39 Å². The maximum absolute atomic E-state index is 14.4. The fourth-order valence-corrected chi connectivity index (χ4v) is 2.47. The Kier molecular flexibility index (Phi) is 3.15. The van der Waals surface area contributed by atoms with Gasteiger partial charge >= 0.3 is 7.12 Å². The first-order valence-corrected chi connectivity index (χ1v) is 6.49. The standard InChI is InChI=1S/C13H22BFO2/c1-9-7-6-8-10(9)11(15)14-16-12(2,3)13(4,5)17-14/h9H,6-8H2,1-5H3. The largest absolute Gasteiger partial charge is 0.525 e. The number of hydrogen-bond donors (Lipinski definition) is 0. The highest BCUT2D eigenvalue weighted by Gasteiger charge is 2.53. The zero-order chi connectivity index (χ0) is 12.8. The van der Waals surface area contributed by atoms with Crippen LogP contribution in [0.25, 0.3) is 0 Å². The van der Waals surface area contributed by atoms with E-state index < -0.39 is 18.3 Å². The smallest absolute Gasteiger partial charge is 0.398 e. The molecule has 1 unspecified atom stereocenters. The molecule has 2 fully saturated rings. The van der Waals surface area contributed by atoms with Crippen molar-refractivity contribution < 1.29 is 13.7 Å². The molecule has 0 bridgehead atoms. The summed E-state index contributed by atoms with van der Waals surface area (Å²) < 4.78 is 25.8. The summed E-state index contributed by atoms with van der Waals surface area (Å²) >= 11 is 0. The minimum atomic E-state index is -0.810. The monoisotopic (exact) mass is 240 g/mol. The third-order valence-corrected chi connectivity index (χ3v) is 4.45. The molecular formula is C13H22BFO2. The minimum Gasteiger partial charge on any atom is -0.398 e. The predicted octanol–water partition coefficient (Wildman–Crippen LogP) is 3.66. The molecule has 4 heteroatoms. The molecule has 0 aromatic rings. The van der Waals surface area contributed by atoms with Gasteiger partial charge in [0.05, 0.1) is 11.2 Å². The van der Waals surface area contributed by atoms with Gasteiger partial charge in [-0.15, -0.1) is 0 Å². The van der Waals surface area contributed by atoms with E-state index in [0.717, 1.165) is 24.8 Å². The van der Waals surface area contributed by atoms with E-state index >= 15 is 0 Å². The molecule has 17 heavy (non-hydrogen) atoms. The highest BCUT2D eigenvalue weighted by Crippen LogP contribution is 2.42. The fourth-order valence-electron chi connectivity index (χ4n) is 2.47. The van der Waals surface area contributed by atoms with Crippen molar-refractivity contribution in [1.29, 1.82) is 0 Å². The van der Waals surface area contributed by atoms with Crippen molar-refractivity contribution in [2.24, 2.45) is 5.92 Å². The average molecular weight is 240 g/mol. The van der Waals surface area contributed by atoms with Gasteiger partial charge in [-0.3, -0.25) is 0 Å². The highest BCUT2D eigenvalue weighted by atomic mass is 19.1. The summed E-state index contributed by atoms with van der Waals surface area (Å²) in [5.74, 6) is 0.328. The van der Waals surface area contributed by atoms with Gasteiger partial charge in [0.2, 0.25) is 0 Å². The van der Waals surface area contributed by atoms with Crippen LogP contribution in [0.5, 0.6) is 0 Å². The van der Waals surface area contributed by atoms with Gasteiger partial charge in [-0.2, -0.15) is 0 Å². The average Bonchev–Trinajstić information content (AvgIpc) is 2.68. The minimum absolute atomic E-state index is 0.186. The van der Waals surface area contributed by atoms with Crippen LogP contribution in [-0.4, -0.2) is 18.3 Å². The summed E-state index contributed by atoms with van der Waals surface area (Å²) in [5, 5.41) is 0. The summed E-state index contributed by atoms with van der Waals surface area (Å²) in [6.45, 7) is 9.87. The molecular weight excluding hydrogens is 218 g/mol. The van der Waals surface area contributed by atoms with Crippen LogP contribution in [0.2, 0.25) is 0 Å². The summed E-state index contributed by atoms with van der Waals surface area (Å²) in [4.78, 5) is 0. The second-order valence-electron chi connectivity index (χ2n) is 6.25. The Morgan fingerprint density at radius 1 is 1.24 bits per heavy atom. The van der Waals surface area contributed by atoms with Crippen molar-refractivity contribution in [1.82, 2.24) is 0 Å². The van der Waals surface area contributed by atoms with Crippen molar-refractivity contribution in [3.05, 3.63) is 11.3 Å². The first-order chi connectivity index (χ1) is 7.74. The summed E-state index contributed by atoms with van der Waals surface area (Å²) in [5.41, 5.74) is -0.216. The molecule has 1 aliphatic heterocycles. The summed E-state index contributed by atoms with van der Waals surface area (Å²) in [6, 6.07) is 0. The second-order valence-corrected chi connectivity index (χ2v) is 6.25. The quantitative estimate of drug-likeness (QED) is 0.651. The molecule has 1 saturated carbocycles. The second kappa shape index (κ2) is 4.09. The topological polar surface area (TPSA) is 18.5 Å². The number of halogens is 1. The molecule has 96 valence electrons. The van der Waals surface area contributed by atoms with Gasteiger partial charge in [0.1, 0.15) is 5.73 Å². The van der Waals surface area contributed by atoms with Crippen LogP contribution in [0, 0.1) is 5.92 Å². The van der Waals surface area contributed by atoms with Crippen LogP contribution in [0.15, 0.2) is 11.3 Å². The van der Waals surface area contributed by atoms with Crippen LogP contribution < -0.4 is 0 Å². The Bertz CT molecular complexity index is 333. The molecule has 0 amide bonds. The zero-order valence-electron chi connectivity index (χ0n) is 11.5. The van der Waals surface area contributed by atoms with E-state index in [-0.39, 0.29) is 5.73 Å². The Labute approximate surface area is 104 Å². The lowest BCUT2D eigenvalue weighted by molar-refractivity contribution is 0.00578. The number of allylic oxidation sites excluding steroid dienone is 1. The van der Waals surface area contributed by atoms with Gasteiger partial charge in [-0.05, 0) is 58.4 Å². The van der Waals surface area contributed by atoms with E-state index in [1.54, 1.807) is 0 Å². The molecule has 1 heterocycles. The molecule has 2 aliphatic rings. The lowest BCUT2D eigenvalue weighted by atomic mass is 9.82. The molecule has 0 aromatic heterocycles. The fraction of sp³-hybridized carbons (Fsp3) is 0.846. The van der Waals surface area contributed by atoms with Gasteiger partial charge < -0.3 is 9.31 Å². The summed E-state index contributed by atoms with van der Waals surface area (Å²) in [7, 11) is -0.810. The Hall–Kier alpha value is -0.345. The third kappa shape index (κ3) is 2.17. The molecule has 1 aliphatic carbocycles. The first kappa shape index (κ1) is 13.1. The van der Waals surface area contributed by atoms with E-state index in [9.17, 15) is 4.39 Å². The van der Waals surface area contributed by atoms with Crippen molar-refractivity contribution in [2.45, 2.75) is 65.1 Å². The van der Waals surface area contributed by atoms with E-state index in [1.165, 1.54) is 0 Å². The first-order valence-electron chi connectivity index (χ1n) is 6.49. The zero-order valence-corrected chi connectivity index (χ0v) is 11.5. The van der Waals surface area contributed by atoms with Gasteiger partial charge in [-0.25, -0.2) is 4.39 Å². The van der Waals surface area contributed by atoms with Crippen molar-refractivity contribution >= 4 is 7.12 Å². The molecule has 1 saturated heterocycles. The normalized spacial score (nSPS) is 34.2.